The van der Waals surface area contributed by atoms with Crippen LogP contribution < -0.4 is 20.3 Å². The number of hydrogen-bond donors (Lipinski definition) is 2. The molecule has 1 saturated heterocycles. The predicted molar refractivity (Wildman–Crippen MR) is 128 cm³/mol. The summed E-state index contributed by atoms with van der Waals surface area (Å²) in [6.07, 6.45) is 4.17. The Balaban J connectivity index is 0.00000280. The number of nitrogens with one attached hydrogen (secondary N) is 2. The number of halogens is 1. The van der Waals surface area contributed by atoms with Crippen LogP contribution in [0.5, 0.6) is 5.75 Å². The van der Waals surface area contributed by atoms with E-state index in [0.717, 1.165) is 42.8 Å². The van der Waals surface area contributed by atoms with Gasteiger partial charge in [-0.05, 0) is 30.9 Å². The average molecular weight is 515 g/mol. The Kier molecular flexibility index (Phi) is 9.30. The Bertz CT molecular complexity index is 767. The average Bonchev–Trinajstić information content (AvgIpc) is 3.37. The maximum absolute atomic E-state index is 5.34. The van der Waals surface area contributed by atoms with E-state index in [4.69, 9.17) is 4.74 Å². The lowest BCUT2D eigenvalue weighted by molar-refractivity contribution is 0.415. The predicted octanol–water partition coefficient (Wildman–Crippen LogP) is 3.52. The second-order valence-corrected chi connectivity index (χ2v) is 7.88. The molecule has 1 unspecified atom stereocenters. The Hall–Kier alpha value is -1.55. The summed E-state index contributed by atoms with van der Waals surface area (Å²) < 4.78 is 5.34. The van der Waals surface area contributed by atoms with Crippen molar-refractivity contribution in [3.8, 4) is 5.75 Å². The third-order valence-electron chi connectivity index (χ3n) is 4.84. The lowest BCUT2D eigenvalue weighted by Gasteiger charge is -2.20. The fourth-order valence-corrected chi connectivity index (χ4v) is 4.06. The fraction of sp³-hybridized carbons (Fsp3) is 0.500. The highest BCUT2D eigenvalue weighted by Crippen LogP contribution is 2.26. The first kappa shape index (κ1) is 22.7. The number of rotatable bonds is 7. The minimum atomic E-state index is 0. The smallest absolute Gasteiger partial charge is 0.191 e. The zero-order valence-electron chi connectivity index (χ0n) is 16.8. The third-order valence-corrected chi connectivity index (χ3v) is 5.98. The van der Waals surface area contributed by atoms with Crippen molar-refractivity contribution in [2.45, 2.75) is 26.3 Å². The number of anilines is 1. The normalized spacial score (nSPS) is 16.6. The van der Waals surface area contributed by atoms with Gasteiger partial charge in [0.15, 0.2) is 5.96 Å². The molecule has 2 N–H and O–H groups in total. The van der Waals surface area contributed by atoms with E-state index in [1.165, 1.54) is 17.0 Å². The molecule has 1 fully saturated rings. The molecule has 0 amide bonds. The van der Waals surface area contributed by atoms with Gasteiger partial charge < -0.3 is 20.3 Å². The maximum atomic E-state index is 5.34. The second-order valence-electron chi connectivity index (χ2n) is 6.68. The number of methoxy groups -OCH3 is 1. The van der Waals surface area contributed by atoms with Crippen molar-refractivity contribution in [2.75, 3.05) is 38.7 Å². The van der Waals surface area contributed by atoms with Crippen molar-refractivity contribution in [2.24, 2.45) is 10.9 Å². The molecule has 2 heterocycles. The molecule has 8 heteroatoms. The molecule has 2 aromatic rings. The number of thiazole rings is 1. The van der Waals surface area contributed by atoms with E-state index in [1.807, 2.05) is 25.4 Å². The fourth-order valence-electron chi connectivity index (χ4n) is 3.26. The van der Waals surface area contributed by atoms with Crippen LogP contribution in [0.2, 0.25) is 0 Å². The number of hydrogen-bond acceptors (Lipinski definition) is 5. The van der Waals surface area contributed by atoms with Crippen molar-refractivity contribution >= 4 is 47.0 Å². The van der Waals surface area contributed by atoms with E-state index >= 15 is 0 Å². The van der Waals surface area contributed by atoms with Gasteiger partial charge in [-0.25, -0.2) is 4.98 Å². The lowest BCUT2D eigenvalue weighted by Crippen LogP contribution is -2.39. The number of ether oxygens (including phenoxy) is 1. The highest BCUT2D eigenvalue weighted by atomic mass is 127. The van der Waals surface area contributed by atoms with Crippen LogP contribution in [0.15, 0.2) is 35.5 Å². The van der Waals surface area contributed by atoms with Crippen LogP contribution in [-0.2, 0) is 13.0 Å². The number of aryl methyl sites for hydroxylation is 1. The van der Waals surface area contributed by atoms with Gasteiger partial charge in [0.05, 0.1) is 13.7 Å². The zero-order valence-corrected chi connectivity index (χ0v) is 19.9. The molecule has 6 nitrogen and oxygen atoms in total. The number of benzene rings is 1. The van der Waals surface area contributed by atoms with Crippen molar-refractivity contribution in [1.82, 2.24) is 15.6 Å². The Morgan fingerprint density at radius 3 is 2.96 bits per heavy atom. The summed E-state index contributed by atoms with van der Waals surface area (Å²) in [5, 5.41) is 7.92. The quantitative estimate of drug-likeness (QED) is 0.336. The molecule has 1 atom stereocenters. The minimum Gasteiger partial charge on any atom is -0.497 e. The van der Waals surface area contributed by atoms with Crippen LogP contribution in [0.4, 0.5) is 5.69 Å². The Morgan fingerprint density at radius 1 is 1.39 bits per heavy atom. The standard InChI is InChI=1S/C20H29N5OS.HI/c1-4-18-12-22-19(27-18)13-24-20(21-2)23-11-15-8-9-25(14-15)16-6-5-7-17(10-16)26-3;/h5-7,10,12,15H,4,8-9,11,13-14H2,1-3H3,(H2,21,23,24);1H. The van der Waals surface area contributed by atoms with Gasteiger partial charge in [-0.3, -0.25) is 4.99 Å². The van der Waals surface area contributed by atoms with E-state index in [2.05, 4.69) is 44.6 Å². The van der Waals surface area contributed by atoms with E-state index < -0.39 is 0 Å². The summed E-state index contributed by atoms with van der Waals surface area (Å²) in [6.45, 7) is 5.90. The second kappa shape index (κ2) is 11.5. The van der Waals surface area contributed by atoms with Gasteiger partial charge >= 0.3 is 0 Å². The van der Waals surface area contributed by atoms with Gasteiger partial charge in [0, 0.05) is 49.5 Å². The van der Waals surface area contributed by atoms with Crippen LogP contribution in [0, 0.1) is 5.92 Å². The largest absolute Gasteiger partial charge is 0.497 e. The summed E-state index contributed by atoms with van der Waals surface area (Å²) in [7, 11) is 3.52. The molecule has 3 rings (SSSR count). The Labute approximate surface area is 188 Å². The minimum absolute atomic E-state index is 0. The summed E-state index contributed by atoms with van der Waals surface area (Å²) in [5.74, 6) is 2.34. The summed E-state index contributed by atoms with van der Waals surface area (Å²) in [5.41, 5.74) is 1.23. The Morgan fingerprint density at radius 2 is 2.25 bits per heavy atom. The zero-order chi connectivity index (χ0) is 19.1. The van der Waals surface area contributed by atoms with E-state index in [0.29, 0.717) is 12.5 Å². The van der Waals surface area contributed by atoms with Crippen LogP contribution in [0.25, 0.3) is 0 Å². The van der Waals surface area contributed by atoms with Crippen LogP contribution >= 0.6 is 35.3 Å². The SMILES string of the molecule is CCc1cnc(CNC(=NC)NCC2CCN(c3cccc(OC)c3)C2)s1.I. The van der Waals surface area contributed by atoms with E-state index in [1.54, 1.807) is 18.4 Å². The molecule has 0 bridgehead atoms. The highest BCUT2D eigenvalue weighted by molar-refractivity contribution is 14.0. The van der Waals surface area contributed by atoms with Gasteiger partial charge in [0.25, 0.3) is 0 Å². The number of nitrogens with zero attached hydrogens (tertiary/aromatic N) is 3. The van der Waals surface area contributed by atoms with E-state index in [9.17, 15) is 0 Å². The summed E-state index contributed by atoms with van der Waals surface area (Å²) >= 11 is 1.76. The third kappa shape index (κ3) is 6.23. The lowest BCUT2D eigenvalue weighted by atomic mass is 10.1. The highest BCUT2D eigenvalue weighted by Gasteiger charge is 2.23. The summed E-state index contributed by atoms with van der Waals surface area (Å²) in [6, 6.07) is 8.29. The first-order valence-electron chi connectivity index (χ1n) is 9.49. The topological polar surface area (TPSA) is 61.8 Å². The monoisotopic (exact) mass is 515 g/mol. The molecular formula is C20H30IN5OS. The first-order chi connectivity index (χ1) is 13.2. The molecule has 1 aliphatic heterocycles. The molecule has 0 aliphatic carbocycles. The molecule has 1 aromatic heterocycles. The molecular weight excluding hydrogens is 485 g/mol. The molecule has 154 valence electrons. The van der Waals surface area contributed by atoms with Crippen LogP contribution in [0.3, 0.4) is 0 Å². The number of guanidine groups is 1. The molecule has 0 spiro atoms. The summed E-state index contributed by atoms with van der Waals surface area (Å²) in [4.78, 5) is 12.5. The van der Waals surface area contributed by atoms with Crippen molar-refractivity contribution < 1.29 is 4.74 Å². The maximum Gasteiger partial charge on any atom is 0.191 e. The van der Waals surface area contributed by atoms with Crippen molar-refractivity contribution in [3.05, 3.63) is 40.3 Å². The molecule has 1 aromatic carbocycles. The molecule has 28 heavy (non-hydrogen) atoms. The van der Waals surface area contributed by atoms with Gasteiger partial charge in [-0.15, -0.1) is 35.3 Å². The van der Waals surface area contributed by atoms with Crippen LogP contribution in [0.1, 0.15) is 23.2 Å². The van der Waals surface area contributed by atoms with Gasteiger partial charge in [0.2, 0.25) is 0 Å². The number of aliphatic imine (C=N–C) groups is 1. The van der Waals surface area contributed by atoms with Crippen LogP contribution in [-0.4, -0.2) is 44.7 Å². The van der Waals surface area contributed by atoms with E-state index in [-0.39, 0.29) is 24.0 Å². The number of aromatic nitrogens is 1. The van der Waals surface area contributed by atoms with Gasteiger partial charge in [0.1, 0.15) is 10.8 Å². The molecule has 0 saturated carbocycles. The van der Waals surface area contributed by atoms with Crippen molar-refractivity contribution in [1.29, 1.82) is 0 Å². The van der Waals surface area contributed by atoms with Gasteiger partial charge in [-0.2, -0.15) is 0 Å². The molecule has 1 aliphatic rings. The van der Waals surface area contributed by atoms with Crippen molar-refractivity contribution in [3.63, 3.8) is 0 Å². The van der Waals surface area contributed by atoms with Gasteiger partial charge in [-0.1, -0.05) is 13.0 Å². The molecule has 0 radical (unpaired) electrons. The first-order valence-corrected chi connectivity index (χ1v) is 10.3.